The molecule has 0 amide bonds. The van der Waals surface area contributed by atoms with Gasteiger partial charge in [-0.05, 0) is 19.9 Å². The number of anilines is 1. The van der Waals surface area contributed by atoms with Gasteiger partial charge in [0.2, 0.25) is 0 Å². The number of benzene rings is 1. The highest BCUT2D eigenvalue weighted by atomic mass is 35.5. The van der Waals surface area contributed by atoms with E-state index in [-0.39, 0.29) is 18.0 Å². The van der Waals surface area contributed by atoms with E-state index >= 15 is 0 Å². The van der Waals surface area contributed by atoms with Crippen molar-refractivity contribution < 1.29 is 18.3 Å². The van der Waals surface area contributed by atoms with Gasteiger partial charge in [0.1, 0.15) is 11.8 Å². The van der Waals surface area contributed by atoms with Crippen LogP contribution < -0.4 is 10.6 Å². The number of rotatable bonds is 4. The Morgan fingerprint density at radius 3 is 2.16 bits per heavy atom. The predicted octanol–water partition coefficient (Wildman–Crippen LogP) is 3.22. The van der Waals surface area contributed by atoms with Gasteiger partial charge in [0, 0.05) is 30.4 Å². The second-order valence-corrected chi connectivity index (χ2v) is 3.93. The Morgan fingerprint density at radius 1 is 1.26 bits per heavy atom. The van der Waals surface area contributed by atoms with Gasteiger partial charge >= 0.3 is 6.18 Å². The highest BCUT2D eigenvalue weighted by Crippen LogP contribution is 2.36. The maximum Gasteiger partial charge on any atom is 0.407 e. The summed E-state index contributed by atoms with van der Waals surface area (Å²) in [4.78, 5) is 1.92. The number of nitrogens with two attached hydrogens (primary N) is 1. The molecular weight excluding hydrogens is 281 g/mol. The molecule has 1 atom stereocenters. The third-order valence-corrected chi connectivity index (χ3v) is 2.83. The molecule has 1 rings (SSSR count). The van der Waals surface area contributed by atoms with Crippen LogP contribution >= 0.6 is 12.4 Å². The Morgan fingerprint density at radius 2 is 1.79 bits per heavy atom. The average Bonchev–Trinajstić information content (AvgIpc) is 2.29. The first kappa shape index (κ1) is 17.9. The largest absolute Gasteiger partial charge is 0.508 e. The van der Waals surface area contributed by atoms with Crippen LogP contribution in [0.1, 0.15) is 25.5 Å². The molecule has 0 aliphatic carbocycles. The fourth-order valence-corrected chi connectivity index (χ4v) is 1.76. The maximum atomic E-state index is 12.5. The van der Waals surface area contributed by atoms with Crippen LogP contribution in [0.2, 0.25) is 0 Å². The van der Waals surface area contributed by atoms with Gasteiger partial charge in [-0.2, -0.15) is 13.2 Å². The summed E-state index contributed by atoms with van der Waals surface area (Å²) in [7, 11) is 0. The van der Waals surface area contributed by atoms with Crippen LogP contribution in [0.4, 0.5) is 18.9 Å². The number of hydrogen-bond acceptors (Lipinski definition) is 3. The van der Waals surface area contributed by atoms with E-state index < -0.39 is 18.0 Å². The van der Waals surface area contributed by atoms with Gasteiger partial charge in [-0.3, -0.25) is 0 Å². The van der Waals surface area contributed by atoms with Crippen molar-refractivity contribution in [3.63, 3.8) is 0 Å². The first-order valence-corrected chi connectivity index (χ1v) is 5.71. The van der Waals surface area contributed by atoms with Gasteiger partial charge in [0.25, 0.3) is 0 Å². The first-order chi connectivity index (χ1) is 8.31. The molecule has 0 aliphatic rings. The minimum atomic E-state index is -4.56. The smallest absolute Gasteiger partial charge is 0.407 e. The minimum absolute atomic E-state index is 0. The number of aromatic hydroxyl groups is 1. The molecule has 0 saturated carbocycles. The Bertz CT molecular complexity index is 408. The maximum absolute atomic E-state index is 12.5. The van der Waals surface area contributed by atoms with Crippen molar-refractivity contribution in [2.45, 2.75) is 26.1 Å². The minimum Gasteiger partial charge on any atom is -0.508 e. The predicted molar refractivity (Wildman–Crippen MR) is 71.9 cm³/mol. The molecule has 1 aromatic carbocycles. The molecule has 0 radical (unpaired) electrons. The number of phenolic OH excluding ortho intramolecular Hbond substituents is 1. The second-order valence-electron chi connectivity index (χ2n) is 3.93. The van der Waals surface area contributed by atoms with Crippen LogP contribution in [0.3, 0.4) is 0 Å². The third-order valence-electron chi connectivity index (χ3n) is 2.83. The molecule has 0 aliphatic heterocycles. The highest BCUT2D eigenvalue weighted by Gasteiger charge is 2.39. The first-order valence-electron chi connectivity index (χ1n) is 5.71. The zero-order valence-electron chi connectivity index (χ0n) is 10.7. The summed E-state index contributed by atoms with van der Waals surface area (Å²) in [5, 5.41) is 9.66. The molecule has 0 spiro atoms. The Balaban J connectivity index is 0.00000324. The van der Waals surface area contributed by atoms with Gasteiger partial charge in [-0.25, -0.2) is 0 Å². The van der Waals surface area contributed by atoms with Crippen LogP contribution in [0.15, 0.2) is 18.2 Å². The molecule has 3 nitrogen and oxygen atoms in total. The van der Waals surface area contributed by atoms with Crippen LogP contribution in [0.5, 0.6) is 5.75 Å². The van der Waals surface area contributed by atoms with E-state index in [1.165, 1.54) is 18.2 Å². The molecule has 0 bridgehead atoms. The monoisotopic (exact) mass is 298 g/mol. The van der Waals surface area contributed by atoms with Crippen molar-refractivity contribution in [2.24, 2.45) is 5.73 Å². The standard InChI is InChI=1S/C12H17F3N2O.ClH/c1-3-17(4-2)8-5-6-9(10(18)7-8)11(16)12(13,14)15;/h5-7,11,18H,3-4,16H2,1-2H3;1H/t11-;/m1./s1. The fraction of sp³-hybridized carbons (Fsp3) is 0.500. The zero-order valence-corrected chi connectivity index (χ0v) is 11.6. The molecule has 19 heavy (non-hydrogen) atoms. The van der Waals surface area contributed by atoms with E-state index in [9.17, 15) is 18.3 Å². The van der Waals surface area contributed by atoms with Crippen LogP contribution in [0, 0.1) is 0 Å². The lowest BCUT2D eigenvalue weighted by Gasteiger charge is -2.23. The lowest BCUT2D eigenvalue weighted by Crippen LogP contribution is -2.28. The second kappa shape index (κ2) is 6.86. The molecule has 0 heterocycles. The quantitative estimate of drug-likeness (QED) is 0.897. The van der Waals surface area contributed by atoms with Gasteiger partial charge in [-0.15, -0.1) is 12.4 Å². The molecule has 0 saturated heterocycles. The van der Waals surface area contributed by atoms with E-state index in [1.54, 1.807) is 0 Å². The van der Waals surface area contributed by atoms with E-state index in [0.29, 0.717) is 18.8 Å². The van der Waals surface area contributed by atoms with Crippen molar-refractivity contribution >= 4 is 18.1 Å². The van der Waals surface area contributed by atoms with E-state index in [0.717, 1.165) is 0 Å². The summed E-state index contributed by atoms with van der Waals surface area (Å²) < 4.78 is 37.4. The molecule has 0 fully saturated rings. The lowest BCUT2D eigenvalue weighted by atomic mass is 10.1. The molecular formula is C12H18ClF3N2O. The number of alkyl halides is 3. The van der Waals surface area contributed by atoms with Crippen molar-refractivity contribution in [3.8, 4) is 5.75 Å². The number of halogens is 4. The SMILES string of the molecule is CCN(CC)c1ccc([C@@H](N)C(F)(F)F)c(O)c1.Cl. The molecule has 3 N–H and O–H groups in total. The van der Waals surface area contributed by atoms with Crippen molar-refractivity contribution in [1.82, 2.24) is 0 Å². The summed E-state index contributed by atoms with van der Waals surface area (Å²) in [5.74, 6) is -0.427. The van der Waals surface area contributed by atoms with Gasteiger partial charge in [0.15, 0.2) is 0 Å². The van der Waals surface area contributed by atoms with Crippen molar-refractivity contribution in [3.05, 3.63) is 23.8 Å². The molecule has 0 unspecified atom stereocenters. The Labute approximate surface area is 116 Å². The van der Waals surface area contributed by atoms with Crippen molar-refractivity contribution in [2.75, 3.05) is 18.0 Å². The lowest BCUT2D eigenvalue weighted by molar-refractivity contribution is -0.149. The number of phenols is 1. The summed E-state index contributed by atoms with van der Waals surface area (Å²) >= 11 is 0. The van der Waals surface area contributed by atoms with Crippen LogP contribution in [-0.4, -0.2) is 24.4 Å². The molecule has 110 valence electrons. The topological polar surface area (TPSA) is 49.5 Å². The average molecular weight is 299 g/mol. The number of nitrogens with zero attached hydrogens (tertiary/aromatic N) is 1. The van der Waals surface area contributed by atoms with Crippen LogP contribution in [-0.2, 0) is 0 Å². The molecule has 1 aromatic rings. The summed E-state index contributed by atoms with van der Waals surface area (Å²) in [6.45, 7) is 5.27. The zero-order chi connectivity index (χ0) is 13.9. The summed E-state index contributed by atoms with van der Waals surface area (Å²) in [5.41, 5.74) is 5.43. The third kappa shape index (κ3) is 4.18. The Kier molecular flexibility index (Phi) is 6.45. The van der Waals surface area contributed by atoms with Gasteiger partial charge in [-0.1, -0.05) is 6.07 Å². The molecule has 0 aromatic heterocycles. The van der Waals surface area contributed by atoms with Gasteiger partial charge in [0.05, 0.1) is 0 Å². The molecule has 7 heteroatoms. The van der Waals surface area contributed by atoms with Crippen LogP contribution in [0.25, 0.3) is 0 Å². The normalized spacial score (nSPS) is 12.7. The van der Waals surface area contributed by atoms with E-state index in [2.05, 4.69) is 0 Å². The Hall–Kier alpha value is -1.14. The van der Waals surface area contributed by atoms with Gasteiger partial charge < -0.3 is 15.7 Å². The highest BCUT2D eigenvalue weighted by molar-refractivity contribution is 5.85. The summed E-state index contributed by atoms with van der Waals surface area (Å²) in [6.07, 6.45) is -4.56. The number of hydrogen-bond donors (Lipinski definition) is 2. The van der Waals surface area contributed by atoms with E-state index in [1.807, 2.05) is 18.7 Å². The fourth-order valence-electron chi connectivity index (χ4n) is 1.76. The van der Waals surface area contributed by atoms with Crippen molar-refractivity contribution in [1.29, 1.82) is 0 Å². The summed E-state index contributed by atoms with van der Waals surface area (Å²) in [6, 6.07) is 1.91. The van der Waals surface area contributed by atoms with E-state index in [4.69, 9.17) is 5.73 Å².